The predicted molar refractivity (Wildman–Crippen MR) is 79.5 cm³/mol. The lowest BCUT2D eigenvalue weighted by atomic mass is 9.93. The van der Waals surface area contributed by atoms with E-state index < -0.39 is 0 Å². The van der Waals surface area contributed by atoms with E-state index in [0.29, 0.717) is 5.02 Å². The lowest BCUT2D eigenvalue weighted by Crippen LogP contribution is -2.11. The number of halogens is 1. The Balaban J connectivity index is 2.21. The van der Waals surface area contributed by atoms with Crippen LogP contribution in [0.4, 0.5) is 5.69 Å². The number of anilines is 1. The second kappa shape index (κ2) is 4.90. The number of nitrogens with zero attached hydrogens (tertiary/aromatic N) is 1. The molecule has 4 heteroatoms. The molecule has 1 aromatic carbocycles. The standard InChI is InChI=1S/C14H17ClN2S/c1-14(2,3)12-8-18-13(17-12)6-9-4-5-10(15)7-11(9)16/h4-5,7-8H,6,16H2,1-3H3. The summed E-state index contributed by atoms with van der Waals surface area (Å²) in [7, 11) is 0. The smallest absolute Gasteiger partial charge is 0.0973 e. The van der Waals surface area contributed by atoms with Gasteiger partial charge in [-0.2, -0.15) is 0 Å². The fourth-order valence-corrected chi connectivity index (χ4v) is 2.85. The first-order valence-corrected chi connectivity index (χ1v) is 7.11. The van der Waals surface area contributed by atoms with Crippen LogP contribution in [0.15, 0.2) is 23.6 Å². The van der Waals surface area contributed by atoms with E-state index in [9.17, 15) is 0 Å². The Labute approximate surface area is 117 Å². The third kappa shape index (κ3) is 3.03. The molecule has 2 rings (SSSR count). The monoisotopic (exact) mass is 280 g/mol. The third-order valence-electron chi connectivity index (χ3n) is 2.77. The topological polar surface area (TPSA) is 38.9 Å². The number of hydrogen-bond acceptors (Lipinski definition) is 3. The molecule has 0 saturated heterocycles. The quantitative estimate of drug-likeness (QED) is 0.835. The van der Waals surface area contributed by atoms with Crippen molar-refractivity contribution in [3.05, 3.63) is 44.9 Å². The van der Waals surface area contributed by atoms with Gasteiger partial charge in [-0.05, 0) is 17.7 Å². The van der Waals surface area contributed by atoms with Gasteiger partial charge in [-0.25, -0.2) is 4.98 Å². The van der Waals surface area contributed by atoms with Gasteiger partial charge in [0.1, 0.15) is 0 Å². The van der Waals surface area contributed by atoms with Gasteiger partial charge in [0.25, 0.3) is 0 Å². The summed E-state index contributed by atoms with van der Waals surface area (Å²) in [6.07, 6.45) is 0.768. The van der Waals surface area contributed by atoms with E-state index in [1.807, 2.05) is 12.1 Å². The van der Waals surface area contributed by atoms with Crippen molar-refractivity contribution in [3.63, 3.8) is 0 Å². The highest BCUT2D eigenvalue weighted by molar-refractivity contribution is 7.09. The van der Waals surface area contributed by atoms with Crippen LogP contribution in [0.25, 0.3) is 0 Å². The number of nitrogens with two attached hydrogens (primary N) is 1. The summed E-state index contributed by atoms with van der Waals surface area (Å²) >= 11 is 7.58. The van der Waals surface area contributed by atoms with E-state index in [2.05, 4.69) is 31.1 Å². The Hall–Kier alpha value is -1.06. The van der Waals surface area contributed by atoms with Crippen molar-refractivity contribution in [3.8, 4) is 0 Å². The summed E-state index contributed by atoms with van der Waals surface area (Å²) in [4.78, 5) is 4.67. The first kappa shape index (κ1) is 13.4. The Bertz CT molecular complexity index is 555. The zero-order valence-electron chi connectivity index (χ0n) is 10.8. The number of benzene rings is 1. The van der Waals surface area contributed by atoms with Crippen LogP contribution in [-0.4, -0.2) is 4.98 Å². The molecule has 1 aromatic heterocycles. The molecule has 96 valence electrons. The SMILES string of the molecule is CC(C)(C)c1csc(Cc2ccc(Cl)cc2N)n1. The molecule has 2 aromatic rings. The van der Waals surface area contributed by atoms with Gasteiger partial charge in [0, 0.05) is 27.9 Å². The van der Waals surface area contributed by atoms with Crippen LogP contribution in [0.5, 0.6) is 0 Å². The molecule has 18 heavy (non-hydrogen) atoms. The molecule has 0 spiro atoms. The first-order chi connectivity index (χ1) is 8.36. The van der Waals surface area contributed by atoms with E-state index in [-0.39, 0.29) is 5.41 Å². The average Bonchev–Trinajstić information content (AvgIpc) is 2.70. The zero-order valence-corrected chi connectivity index (χ0v) is 12.4. The van der Waals surface area contributed by atoms with Gasteiger partial charge in [-0.1, -0.05) is 38.4 Å². The molecule has 0 atom stereocenters. The van der Waals surface area contributed by atoms with Crippen molar-refractivity contribution >= 4 is 28.6 Å². The fourth-order valence-electron chi connectivity index (χ4n) is 1.63. The summed E-state index contributed by atoms with van der Waals surface area (Å²) in [5, 5.41) is 3.89. The van der Waals surface area contributed by atoms with Crippen LogP contribution in [0.2, 0.25) is 5.02 Å². The van der Waals surface area contributed by atoms with Gasteiger partial charge in [0.2, 0.25) is 0 Å². The van der Waals surface area contributed by atoms with Crippen molar-refractivity contribution in [2.45, 2.75) is 32.6 Å². The van der Waals surface area contributed by atoms with Crippen LogP contribution in [0, 0.1) is 0 Å². The lowest BCUT2D eigenvalue weighted by Gasteiger charge is -2.14. The minimum absolute atomic E-state index is 0.0975. The number of hydrogen-bond donors (Lipinski definition) is 1. The van der Waals surface area contributed by atoms with Crippen molar-refractivity contribution in [2.75, 3.05) is 5.73 Å². The van der Waals surface area contributed by atoms with Crippen LogP contribution < -0.4 is 5.73 Å². The van der Waals surface area contributed by atoms with Gasteiger partial charge in [0.05, 0.1) is 10.7 Å². The zero-order chi connectivity index (χ0) is 13.3. The molecule has 2 N–H and O–H groups in total. The van der Waals surface area contributed by atoms with Crippen molar-refractivity contribution in [1.29, 1.82) is 0 Å². The van der Waals surface area contributed by atoms with E-state index in [1.165, 1.54) is 0 Å². The molecule has 0 fully saturated rings. The van der Waals surface area contributed by atoms with E-state index in [4.69, 9.17) is 17.3 Å². The molecule has 0 saturated carbocycles. The Morgan fingerprint density at radius 3 is 2.61 bits per heavy atom. The second-order valence-corrected chi connectivity index (χ2v) is 6.78. The Morgan fingerprint density at radius 2 is 2.06 bits per heavy atom. The molecule has 0 bridgehead atoms. The average molecular weight is 281 g/mol. The Morgan fingerprint density at radius 1 is 1.33 bits per heavy atom. The molecule has 0 unspecified atom stereocenters. The summed E-state index contributed by atoms with van der Waals surface area (Å²) in [5.41, 5.74) is 9.00. The summed E-state index contributed by atoms with van der Waals surface area (Å²) in [6, 6.07) is 5.62. The van der Waals surface area contributed by atoms with Gasteiger partial charge in [0.15, 0.2) is 0 Å². The number of rotatable bonds is 2. The maximum absolute atomic E-state index is 5.95. The summed E-state index contributed by atoms with van der Waals surface area (Å²) in [6.45, 7) is 6.51. The summed E-state index contributed by atoms with van der Waals surface area (Å²) in [5.74, 6) is 0. The van der Waals surface area contributed by atoms with E-state index >= 15 is 0 Å². The number of nitrogen functional groups attached to an aromatic ring is 1. The van der Waals surface area contributed by atoms with Crippen LogP contribution in [0.3, 0.4) is 0 Å². The van der Waals surface area contributed by atoms with Crippen LogP contribution in [0.1, 0.15) is 37.0 Å². The van der Waals surface area contributed by atoms with E-state index in [0.717, 1.165) is 28.4 Å². The van der Waals surface area contributed by atoms with Gasteiger partial charge >= 0.3 is 0 Å². The van der Waals surface area contributed by atoms with Gasteiger partial charge < -0.3 is 5.73 Å². The van der Waals surface area contributed by atoms with Gasteiger partial charge in [-0.3, -0.25) is 0 Å². The highest BCUT2D eigenvalue weighted by Gasteiger charge is 2.17. The molecular formula is C14H17ClN2S. The minimum Gasteiger partial charge on any atom is -0.398 e. The fraction of sp³-hybridized carbons (Fsp3) is 0.357. The molecule has 0 aliphatic carbocycles. The normalized spacial score (nSPS) is 11.8. The molecular weight excluding hydrogens is 264 g/mol. The third-order valence-corrected chi connectivity index (χ3v) is 3.85. The van der Waals surface area contributed by atoms with Gasteiger partial charge in [-0.15, -0.1) is 11.3 Å². The highest BCUT2D eigenvalue weighted by atomic mass is 35.5. The Kier molecular flexibility index (Phi) is 3.64. The lowest BCUT2D eigenvalue weighted by molar-refractivity contribution is 0.571. The number of aromatic nitrogens is 1. The number of thiazole rings is 1. The van der Waals surface area contributed by atoms with Crippen molar-refractivity contribution in [2.24, 2.45) is 0 Å². The minimum atomic E-state index is 0.0975. The largest absolute Gasteiger partial charge is 0.398 e. The maximum atomic E-state index is 5.95. The predicted octanol–water partition coefficient (Wildman–Crippen LogP) is 4.27. The molecule has 0 aliphatic heterocycles. The van der Waals surface area contributed by atoms with Crippen LogP contribution >= 0.6 is 22.9 Å². The van der Waals surface area contributed by atoms with Crippen molar-refractivity contribution < 1.29 is 0 Å². The van der Waals surface area contributed by atoms with Crippen LogP contribution in [-0.2, 0) is 11.8 Å². The second-order valence-electron chi connectivity index (χ2n) is 5.40. The first-order valence-electron chi connectivity index (χ1n) is 5.85. The highest BCUT2D eigenvalue weighted by Crippen LogP contribution is 2.27. The van der Waals surface area contributed by atoms with E-state index in [1.54, 1.807) is 17.4 Å². The maximum Gasteiger partial charge on any atom is 0.0973 e. The van der Waals surface area contributed by atoms with Crippen molar-refractivity contribution in [1.82, 2.24) is 4.98 Å². The molecule has 0 aliphatic rings. The summed E-state index contributed by atoms with van der Waals surface area (Å²) < 4.78 is 0. The molecule has 1 heterocycles. The molecule has 0 radical (unpaired) electrons. The molecule has 0 amide bonds. The molecule has 2 nitrogen and oxygen atoms in total.